The topological polar surface area (TPSA) is 127 Å². The molecule has 1 saturated heterocycles. The molecule has 0 unspecified atom stereocenters. The minimum absolute atomic E-state index is 0.0833. The Hall–Kier alpha value is -2.90. The van der Waals surface area contributed by atoms with Gasteiger partial charge in [-0.1, -0.05) is 0 Å². The number of ether oxygens (including phenoxy) is 2. The van der Waals surface area contributed by atoms with Gasteiger partial charge in [0.05, 0.1) is 11.1 Å². The standard InChI is InChI=1S/C8H6O4.C8H12O4/c9-7(10)5-1-2-6(4-3-5)8(11)12;9-7-3-1-2-4-8(10)12-6-5-11-7/h1-4H,(H,9,10)(H,11,12);1-6H2. The highest BCUT2D eigenvalue weighted by Gasteiger charge is 2.09. The lowest BCUT2D eigenvalue weighted by Crippen LogP contribution is -2.15. The maximum atomic E-state index is 10.8. The lowest BCUT2D eigenvalue weighted by atomic mass is 10.1. The fraction of sp³-hybridized carbons (Fsp3) is 0.375. The second-order valence-electron chi connectivity index (χ2n) is 4.84. The lowest BCUT2D eigenvalue weighted by molar-refractivity contribution is -0.153. The molecule has 0 spiro atoms. The minimum Gasteiger partial charge on any atom is -0.478 e. The molecule has 2 N–H and O–H groups in total. The molecule has 0 amide bonds. The normalized spacial score (nSPS) is 15.2. The molecular formula is C16H18O8. The number of hydrogen-bond acceptors (Lipinski definition) is 6. The molecule has 1 aromatic rings. The molecule has 2 rings (SSSR count). The zero-order valence-corrected chi connectivity index (χ0v) is 12.9. The maximum Gasteiger partial charge on any atom is 0.335 e. The summed E-state index contributed by atoms with van der Waals surface area (Å²) in [6.45, 7) is 0.370. The van der Waals surface area contributed by atoms with E-state index in [4.69, 9.17) is 19.7 Å². The molecule has 0 saturated carbocycles. The van der Waals surface area contributed by atoms with Crippen LogP contribution in [0.15, 0.2) is 24.3 Å². The summed E-state index contributed by atoms with van der Waals surface area (Å²) in [5.74, 6) is -2.53. The van der Waals surface area contributed by atoms with Crippen molar-refractivity contribution in [3.63, 3.8) is 0 Å². The third-order valence-corrected chi connectivity index (χ3v) is 3.00. The van der Waals surface area contributed by atoms with Crippen LogP contribution in [0, 0.1) is 0 Å². The van der Waals surface area contributed by atoms with Gasteiger partial charge in [0.15, 0.2) is 0 Å². The van der Waals surface area contributed by atoms with Crippen molar-refractivity contribution in [3.05, 3.63) is 35.4 Å². The summed E-state index contributed by atoms with van der Waals surface area (Å²) in [6, 6.07) is 5.02. The molecule has 1 aromatic carbocycles. The Morgan fingerprint density at radius 1 is 0.750 bits per heavy atom. The summed E-state index contributed by atoms with van der Waals surface area (Å²) in [5.41, 5.74) is 0.167. The number of hydrogen-bond donors (Lipinski definition) is 2. The van der Waals surface area contributed by atoms with E-state index in [-0.39, 0.29) is 36.3 Å². The van der Waals surface area contributed by atoms with Crippen molar-refractivity contribution in [1.29, 1.82) is 0 Å². The van der Waals surface area contributed by atoms with Crippen molar-refractivity contribution in [3.8, 4) is 0 Å². The van der Waals surface area contributed by atoms with Crippen molar-refractivity contribution in [1.82, 2.24) is 0 Å². The first-order chi connectivity index (χ1) is 11.4. The maximum absolute atomic E-state index is 10.8. The average molecular weight is 338 g/mol. The molecule has 0 aliphatic carbocycles. The van der Waals surface area contributed by atoms with Crippen molar-refractivity contribution in [2.45, 2.75) is 25.7 Å². The molecule has 8 nitrogen and oxygen atoms in total. The molecule has 8 heteroatoms. The SMILES string of the molecule is O=C(O)c1ccc(C(=O)O)cc1.O=C1CCCCC(=O)OCCO1. The molecule has 1 heterocycles. The van der Waals surface area contributed by atoms with E-state index in [1.54, 1.807) is 0 Å². The fourth-order valence-electron chi connectivity index (χ4n) is 1.75. The zero-order chi connectivity index (χ0) is 17.9. The van der Waals surface area contributed by atoms with Crippen LogP contribution in [0.5, 0.6) is 0 Å². The predicted octanol–water partition coefficient (Wildman–Crippen LogP) is 1.73. The summed E-state index contributed by atoms with van der Waals surface area (Å²) < 4.78 is 9.50. The van der Waals surface area contributed by atoms with E-state index < -0.39 is 11.9 Å². The van der Waals surface area contributed by atoms with Crippen molar-refractivity contribution in [2.24, 2.45) is 0 Å². The van der Waals surface area contributed by atoms with Crippen LogP contribution in [-0.2, 0) is 19.1 Å². The van der Waals surface area contributed by atoms with Crippen molar-refractivity contribution < 1.29 is 38.9 Å². The number of carbonyl (C=O) groups is 4. The van der Waals surface area contributed by atoms with Crippen molar-refractivity contribution in [2.75, 3.05) is 13.2 Å². The first-order valence-electron chi connectivity index (χ1n) is 7.28. The van der Waals surface area contributed by atoms with Crippen molar-refractivity contribution >= 4 is 23.9 Å². The smallest absolute Gasteiger partial charge is 0.335 e. The Morgan fingerprint density at radius 3 is 1.38 bits per heavy atom. The van der Waals surface area contributed by atoms with Gasteiger partial charge in [-0.3, -0.25) is 9.59 Å². The predicted molar refractivity (Wildman–Crippen MR) is 80.7 cm³/mol. The van der Waals surface area contributed by atoms with Gasteiger partial charge in [-0.25, -0.2) is 9.59 Å². The van der Waals surface area contributed by atoms with E-state index in [2.05, 4.69) is 0 Å². The molecule has 1 aliphatic rings. The highest BCUT2D eigenvalue weighted by Crippen LogP contribution is 2.05. The van der Waals surface area contributed by atoms with Gasteiger partial charge in [-0.05, 0) is 37.1 Å². The summed E-state index contributed by atoms with van der Waals surface area (Å²) in [7, 11) is 0. The van der Waals surface area contributed by atoms with E-state index in [1.165, 1.54) is 24.3 Å². The van der Waals surface area contributed by atoms with Crippen LogP contribution in [0.1, 0.15) is 46.4 Å². The third kappa shape index (κ3) is 7.39. The second kappa shape index (κ2) is 9.98. The van der Waals surface area contributed by atoms with Crippen LogP contribution in [0.3, 0.4) is 0 Å². The summed E-state index contributed by atoms with van der Waals surface area (Å²) >= 11 is 0. The largest absolute Gasteiger partial charge is 0.478 e. The molecule has 24 heavy (non-hydrogen) atoms. The Balaban J connectivity index is 0.000000240. The van der Waals surface area contributed by atoms with E-state index in [0.717, 1.165) is 0 Å². The van der Waals surface area contributed by atoms with Crippen LogP contribution < -0.4 is 0 Å². The number of rotatable bonds is 2. The molecule has 0 aromatic heterocycles. The summed E-state index contributed by atoms with van der Waals surface area (Å²) in [6.07, 6.45) is 2.22. The lowest BCUT2D eigenvalue weighted by Gasteiger charge is -2.08. The van der Waals surface area contributed by atoms with Crippen LogP contribution in [0.4, 0.5) is 0 Å². The molecule has 0 atom stereocenters. The average Bonchev–Trinajstić information content (AvgIpc) is 2.56. The van der Waals surface area contributed by atoms with Gasteiger partial charge < -0.3 is 19.7 Å². The number of aromatic carboxylic acids is 2. The number of benzene rings is 1. The molecule has 130 valence electrons. The minimum atomic E-state index is -1.06. The van der Waals surface area contributed by atoms with Crippen LogP contribution in [-0.4, -0.2) is 47.3 Å². The Morgan fingerprint density at radius 2 is 1.08 bits per heavy atom. The molecular weight excluding hydrogens is 320 g/mol. The van der Waals surface area contributed by atoms with Gasteiger partial charge in [0.1, 0.15) is 13.2 Å². The second-order valence-corrected chi connectivity index (χ2v) is 4.84. The van der Waals surface area contributed by atoms with Crippen LogP contribution in [0.2, 0.25) is 0 Å². The zero-order valence-electron chi connectivity index (χ0n) is 12.9. The van der Waals surface area contributed by atoms with Crippen LogP contribution in [0.25, 0.3) is 0 Å². The van der Waals surface area contributed by atoms with E-state index in [9.17, 15) is 19.2 Å². The van der Waals surface area contributed by atoms with Gasteiger partial charge in [-0.15, -0.1) is 0 Å². The third-order valence-electron chi connectivity index (χ3n) is 3.00. The van der Waals surface area contributed by atoms with E-state index in [0.29, 0.717) is 25.7 Å². The highest BCUT2D eigenvalue weighted by atomic mass is 16.6. The monoisotopic (exact) mass is 338 g/mol. The molecule has 1 fully saturated rings. The molecule has 0 bridgehead atoms. The quantitative estimate of drug-likeness (QED) is 0.780. The van der Waals surface area contributed by atoms with E-state index >= 15 is 0 Å². The number of carboxylic acid groups (broad SMARTS) is 2. The first-order valence-corrected chi connectivity index (χ1v) is 7.28. The van der Waals surface area contributed by atoms with Crippen LogP contribution >= 0.6 is 0 Å². The summed E-state index contributed by atoms with van der Waals surface area (Å²) in [5, 5.41) is 16.9. The fourth-order valence-corrected chi connectivity index (χ4v) is 1.75. The highest BCUT2D eigenvalue weighted by molar-refractivity contribution is 5.91. The number of cyclic esters (lactones) is 2. The number of carboxylic acids is 2. The van der Waals surface area contributed by atoms with Gasteiger partial charge in [0, 0.05) is 12.8 Å². The van der Waals surface area contributed by atoms with Gasteiger partial charge in [-0.2, -0.15) is 0 Å². The van der Waals surface area contributed by atoms with Gasteiger partial charge in [0.25, 0.3) is 0 Å². The Labute approximate surface area is 138 Å². The van der Waals surface area contributed by atoms with E-state index in [1.807, 2.05) is 0 Å². The number of esters is 2. The Bertz CT molecular complexity index is 522. The molecule has 0 radical (unpaired) electrons. The Kier molecular flexibility index (Phi) is 7.97. The van der Waals surface area contributed by atoms with Gasteiger partial charge >= 0.3 is 23.9 Å². The number of carbonyl (C=O) groups excluding carboxylic acids is 2. The molecule has 1 aliphatic heterocycles. The summed E-state index contributed by atoms with van der Waals surface area (Å²) in [4.78, 5) is 42.3. The van der Waals surface area contributed by atoms with Gasteiger partial charge in [0.2, 0.25) is 0 Å². The first kappa shape index (κ1) is 19.1.